The van der Waals surface area contributed by atoms with Crippen LogP contribution < -0.4 is 10.5 Å². The van der Waals surface area contributed by atoms with Crippen LogP contribution in [0.4, 0.5) is 4.39 Å². The predicted octanol–water partition coefficient (Wildman–Crippen LogP) is 5.41. The molecule has 2 aromatic heterocycles. The number of aliphatic carboxylic acids is 1. The number of pyridine rings is 2. The standard InChI is InChI=1S/C31H45FN4O3/c1-3-27-24(12-7-16-33)28(39-2)19-23(35-27)11-4-5-14-26(32)22-15-18-36(20-22)30(31(37)38)25-13-8-17-34-29(25)21-9-6-10-21/h8,13,17,19,21-22,26,30H,3-7,9-12,14-16,18,20,33H2,1-2H3,(H,37,38)/t22?,26-,30+/m0/s1. The minimum atomic E-state index is -0.934. The molecule has 1 saturated carbocycles. The van der Waals surface area contributed by atoms with Crippen molar-refractivity contribution in [2.45, 2.75) is 95.7 Å². The van der Waals surface area contributed by atoms with E-state index in [4.69, 9.17) is 15.5 Å². The zero-order valence-corrected chi connectivity index (χ0v) is 23.6. The molecule has 1 unspecified atom stereocenters. The van der Waals surface area contributed by atoms with Crippen molar-refractivity contribution in [1.29, 1.82) is 0 Å². The molecule has 214 valence electrons. The van der Waals surface area contributed by atoms with Gasteiger partial charge in [-0.25, -0.2) is 4.39 Å². The first-order chi connectivity index (χ1) is 19.0. The maximum atomic E-state index is 15.3. The number of likely N-dealkylation sites (tertiary alicyclic amines) is 1. The molecule has 0 radical (unpaired) electrons. The number of aromatic nitrogens is 2. The third kappa shape index (κ3) is 7.14. The van der Waals surface area contributed by atoms with Crippen LogP contribution in [0.1, 0.15) is 98.5 Å². The van der Waals surface area contributed by atoms with Gasteiger partial charge in [0.25, 0.3) is 0 Å². The molecule has 4 rings (SSSR count). The Labute approximate surface area is 232 Å². The van der Waals surface area contributed by atoms with Gasteiger partial charge in [0.15, 0.2) is 0 Å². The number of ether oxygens (including phenoxy) is 1. The normalized spacial score (nSPS) is 19.5. The Bertz CT molecular complexity index is 1070. The SMILES string of the molecule is CCc1nc(CCCC[C@H](F)C2CCN([C@@H](C(=O)O)c3cccnc3C3CCC3)C2)cc(OC)c1CCCN. The molecule has 0 amide bonds. The van der Waals surface area contributed by atoms with Crippen molar-refractivity contribution < 1.29 is 19.0 Å². The van der Waals surface area contributed by atoms with Gasteiger partial charge in [0.2, 0.25) is 0 Å². The van der Waals surface area contributed by atoms with Crippen molar-refractivity contribution in [2.24, 2.45) is 11.7 Å². The first-order valence-corrected chi connectivity index (χ1v) is 14.8. The van der Waals surface area contributed by atoms with E-state index >= 15 is 4.39 Å². The summed E-state index contributed by atoms with van der Waals surface area (Å²) < 4.78 is 21.0. The molecule has 39 heavy (non-hydrogen) atoms. The number of nitrogens with two attached hydrogens (primary N) is 1. The molecule has 3 atom stereocenters. The fraction of sp³-hybridized carbons (Fsp3) is 0.645. The van der Waals surface area contributed by atoms with Crippen LogP contribution in [0.3, 0.4) is 0 Å². The van der Waals surface area contributed by atoms with E-state index in [1.807, 2.05) is 23.1 Å². The van der Waals surface area contributed by atoms with Gasteiger partial charge < -0.3 is 15.6 Å². The second kappa shape index (κ2) is 14.2. The van der Waals surface area contributed by atoms with Gasteiger partial charge in [-0.3, -0.25) is 19.7 Å². The first-order valence-electron chi connectivity index (χ1n) is 14.8. The predicted molar refractivity (Wildman–Crippen MR) is 151 cm³/mol. The minimum absolute atomic E-state index is 0.137. The summed E-state index contributed by atoms with van der Waals surface area (Å²) in [4.78, 5) is 23.8. The smallest absolute Gasteiger partial charge is 0.325 e. The van der Waals surface area contributed by atoms with Gasteiger partial charge in [-0.2, -0.15) is 0 Å². The van der Waals surface area contributed by atoms with E-state index in [-0.39, 0.29) is 5.92 Å². The van der Waals surface area contributed by atoms with Crippen LogP contribution in [0.15, 0.2) is 24.4 Å². The lowest BCUT2D eigenvalue weighted by molar-refractivity contribution is -0.143. The third-order valence-electron chi connectivity index (χ3n) is 8.59. The second-order valence-electron chi connectivity index (χ2n) is 11.1. The number of carbonyl (C=O) groups is 1. The number of halogens is 1. The highest BCUT2D eigenvalue weighted by atomic mass is 19.1. The van der Waals surface area contributed by atoms with E-state index in [1.165, 1.54) is 0 Å². The van der Waals surface area contributed by atoms with E-state index in [0.717, 1.165) is 91.7 Å². The fourth-order valence-electron chi connectivity index (χ4n) is 6.20. The Morgan fingerprint density at radius 3 is 2.74 bits per heavy atom. The average molecular weight is 541 g/mol. The summed E-state index contributed by atoms with van der Waals surface area (Å²) >= 11 is 0. The number of carboxylic acids is 1. The minimum Gasteiger partial charge on any atom is -0.496 e. The topological polar surface area (TPSA) is 102 Å². The van der Waals surface area contributed by atoms with Crippen LogP contribution >= 0.6 is 0 Å². The third-order valence-corrected chi connectivity index (χ3v) is 8.59. The number of unbranched alkanes of at least 4 members (excludes halogenated alkanes) is 1. The Morgan fingerprint density at radius 2 is 2.08 bits per heavy atom. The molecule has 2 aromatic rings. The molecule has 8 heteroatoms. The van der Waals surface area contributed by atoms with Crippen molar-refractivity contribution in [3.8, 4) is 5.75 Å². The molecule has 1 aliphatic carbocycles. The van der Waals surface area contributed by atoms with E-state index in [2.05, 4.69) is 11.9 Å². The summed E-state index contributed by atoms with van der Waals surface area (Å²) in [6.45, 7) is 3.81. The summed E-state index contributed by atoms with van der Waals surface area (Å²) in [5, 5.41) is 10.1. The van der Waals surface area contributed by atoms with Crippen LogP contribution in [-0.4, -0.2) is 58.9 Å². The molecular formula is C31H45FN4O3. The molecule has 1 aliphatic heterocycles. The molecule has 3 heterocycles. The number of carboxylic acid groups (broad SMARTS) is 1. The zero-order valence-electron chi connectivity index (χ0n) is 23.6. The Kier molecular flexibility index (Phi) is 10.7. The van der Waals surface area contributed by atoms with Crippen LogP contribution in [0.25, 0.3) is 0 Å². The first kappa shape index (κ1) is 29.4. The Morgan fingerprint density at radius 1 is 1.26 bits per heavy atom. The summed E-state index contributed by atoms with van der Waals surface area (Å²) in [6, 6.07) is 4.99. The maximum Gasteiger partial charge on any atom is 0.325 e. The van der Waals surface area contributed by atoms with Crippen molar-refractivity contribution in [2.75, 3.05) is 26.7 Å². The summed E-state index contributed by atoms with van der Waals surface area (Å²) in [5.74, 6) is 0.215. The summed E-state index contributed by atoms with van der Waals surface area (Å²) in [6.07, 6.45) is 10.3. The van der Waals surface area contributed by atoms with Crippen molar-refractivity contribution in [1.82, 2.24) is 14.9 Å². The largest absolute Gasteiger partial charge is 0.496 e. The number of alkyl halides is 1. The molecule has 7 nitrogen and oxygen atoms in total. The second-order valence-corrected chi connectivity index (χ2v) is 11.1. The Balaban J connectivity index is 1.30. The molecule has 0 bridgehead atoms. The van der Waals surface area contributed by atoms with Crippen LogP contribution in [0.5, 0.6) is 5.75 Å². The number of aryl methyl sites for hydroxylation is 2. The fourth-order valence-corrected chi connectivity index (χ4v) is 6.20. The number of rotatable bonds is 15. The number of hydrogen-bond acceptors (Lipinski definition) is 6. The van der Waals surface area contributed by atoms with E-state index in [0.29, 0.717) is 38.4 Å². The lowest BCUT2D eigenvalue weighted by Crippen LogP contribution is -2.34. The van der Waals surface area contributed by atoms with Gasteiger partial charge in [-0.15, -0.1) is 0 Å². The van der Waals surface area contributed by atoms with Gasteiger partial charge in [0.1, 0.15) is 18.0 Å². The van der Waals surface area contributed by atoms with Crippen molar-refractivity contribution in [3.05, 3.63) is 52.6 Å². The van der Waals surface area contributed by atoms with Gasteiger partial charge >= 0.3 is 5.97 Å². The van der Waals surface area contributed by atoms with Gasteiger partial charge in [0.05, 0.1) is 7.11 Å². The Hall–Kier alpha value is -2.58. The highest BCUT2D eigenvalue weighted by molar-refractivity contribution is 5.76. The van der Waals surface area contributed by atoms with Crippen LogP contribution in [-0.2, 0) is 24.1 Å². The van der Waals surface area contributed by atoms with Crippen LogP contribution in [0.2, 0.25) is 0 Å². The highest BCUT2D eigenvalue weighted by Gasteiger charge is 2.39. The van der Waals surface area contributed by atoms with Crippen molar-refractivity contribution in [3.63, 3.8) is 0 Å². The van der Waals surface area contributed by atoms with E-state index < -0.39 is 18.2 Å². The average Bonchev–Trinajstić information content (AvgIpc) is 3.39. The summed E-state index contributed by atoms with van der Waals surface area (Å²) in [7, 11) is 1.69. The molecule has 3 N–H and O–H groups in total. The van der Waals surface area contributed by atoms with Gasteiger partial charge in [-0.1, -0.05) is 25.8 Å². The van der Waals surface area contributed by atoms with E-state index in [1.54, 1.807) is 13.3 Å². The number of methoxy groups -OCH3 is 1. The van der Waals surface area contributed by atoms with Crippen LogP contribution in [0, 0.1) is 5.92 Å². The molecule has 1 saturated heterocycles. The quantitative estimate of drug-likeness (QED) is 0.292. The maximum absolute atomic E-state index is 15.3. The number of hydrogen-bond donors (Lipinski definition) is 2. The lowest BCUT2D eigenvalue weighted by atomic mass is 9.80. The van der Waals surface area contributed by atoms with Gasteiger partial charge in [0, 0.05) is 58.9 Å². The van der Waals surface area contributed by atoms with Gasteiger partial charge in [-0.05, 0) is 76.9 Å². The molecule has 0 spiro atoms. The molecule has 2 fully saturated rings. The number of nitrogens with zero attached hydrogens (tertiary/aromatic N) is 3. The molecule has 2 aliphatic rings. The highest BCUT2D eigenvalue weighted by Crippen LogP contribution is 2.40. The lowest BCUT2D eigenvalue weighted by Gasteiger charge is -2.31. The summed E-state index contributed by atoms with van der Waals surface area (Å²) in [5.41, 5.74) is 10.6. The zero-order chi connectivity index (χ0) is 27.8. The van der Waals surface area contributed by atoms with E-state index in [9.17, 15) is 9.90 Å². The molecule has 0 aromatic carbocycles. The molecular weight excluding hydrogens is 495 g/mol. The monoisotopic (exact) mass is 540 g/mol. The van der Waals surface area contributed by atoms with Crippen molar-refractivity contribution >= 4 is 5.97 Å².